The molecule has 2 heterocycles. The maximum atomic E-state index is 14.3. The smallest absolute Gasteiger partial charge is 0.277 e. The highest BCUT2D eigenvalue weighted by molar-refractivity contribution is 6.02. The van der Waals surface area contributed by atoms with E-state index in [0.717, 1.165) is 5.56 Å². The van der Waals surface area contributed by atoms with Gasteiger partial charge < -0.3 is 5.11 Å². The van der Waals surface area contributed by atoms with Crippen LogP contribution in [0.25, 0.3) is 5.70 Å². The van der Waals surface area contributed by atoms with Gasteiger partial charge in [-0.2, -0.15) is 0 Å². The van der Waals surface area contributed by atoms with Crippen molar-refractivity contribution in [2.24, 2.45) is 5.92 Å². The molecule has 8 heteroatoms. The van der Waals surface area contributed by atoms with E-state index < -0.39 is 29.8 Å². The van der Waals surface area contributed by atoms with Crippen molar-refractivity contribution in [2.45, 2.75) is 39.3 Å². The van der Waals surface area contributed by atoms with Crippen molar-refractivity contribution in [3.8, 4) is 0 Å². The molecule has 0 saturated carbocycles. The molecule has 0 spiro atoms. The number of aliphatic hydroxyl groups excluding tert-OH is 1. The van der Waals surface area contributed by atoms with Crippen LogP contribution in [0.15, 0.2) is 91.3 Å². The van der Waals surface area contributed by atoms with Crippen LogP contribution in [0, 0.1) is 5.92 Å². The normalized spacial score (nSPS) is 16.3. The van der Waals surface area contributed by atoms with Gasteiger partial charge in [0.1, 0.15) is 11.7 Å². The molecule has 1 aromatic heterocycles. The van der Waals surface area contributed by atoms with Crippen LogP contribution in [-0.2, 0) is 16.0 Å². The van der Waals surface area contributed by atoms with Crippen LogP contribution in [0.2, 0.25) is 0 Å². The highest BCUT2D eigenvalue weighted by atomic mass is 16.3. The van der Waals surface area contributed by atoms with Crippen molar-refractivity contribution in [3.05, 3.63) is 108 Å². The molecule has 0 radical (unpaired) electrons. The molecule has 0 bridgehead atoms. The van der Waals surface area contributed by atoms with Crippen molar-refractivity contribution >= 4 is 23.4 Å². The summed E-state index contributed by atoms with van der Waals surface area (Å²) in [4.78, 5) is 46.7. The molecule has 0 fully saturated rings. The van der Waals surface area contributed by atoms with Crippen LogP contribution in [0.5, 0.6) is 0 Å². The van der Waals surface area contributed by atoms with Crippen LogP contribution in [0.1, 0.15) is 42.4 Å². The molecule has 1 aliphatic rings. The zero-order valence-corrected chi connectivity index (χ0v) is 21.8. The average molecular weight is 513 g/mol. The standard InChI is InChI=1S/C30H32N4O4/c1-21(2)28-30(38)34(33(22(3)36)25(20-35)18-23-12-6-4-7-13-23)27(24-14-8-5-9-15-24)19-32(28)29(37)26-16-10-11-17-31-26/h4-17,19,21,25,28,35H,18,20H2,1-3H3/t25-,28+/m0/s1. The number of benzene rings is 2. The van der Waals surface area contributed by atoms with E-state index in [1.54, 1.807) is 24.4 Å². The van der Waals surface area contributed by atoms with Crippen LogP contribution < -0.4 is 0 Å². The second kappa shape index (κ2) is 11.8. The summed E-state index contributed by atoms with van der Waals surface area (Å²) in [6.07, 6.45) is 3.49. The molecule has 3 aromatic rings. The monoisotopic (exact) mass is 512 g/mol. The number of hydrazine groups is 1. The third-order valence-corrected chi connectivity index (χ3v) is 6.48. The minimum absolute atomic E-state index is 0.212. The quantitative estimate of drug-likeness (QED) is 0.496. The average Bonchev–Trinajstić information content (AvgIpc) is 2.93. The Labute approximate surface area is 222 Å². The minimum atomic E-state index is -0.894. The van der Waals surface area contributed by atoms with Gasteiger partial charge in [0.2, 0.25) is 5.91 Å². The number of pyridine rings is 1. The van der Waals surface area contributed by atoms with Crippen LogP contribution in [0.3, 0.4) is 0 Å². The molecule has 0 unspecified atom stereocenters. The van der Waals surface area contributed by atoms with Crippen molar-refractivity contribution in [2.75, 3.05) is 6.61 Å². The fraction of sp³-hybridized carbons (Fsp3) is 0.267. The number of aromatic nitrogens is 1. The van der Waals surface area contributed by atoms with Gasteiger partial charge in [-0.15, -0.1) is 0 Å². The molecule has 0 aliphatic carbocycles. The van der Waals surface area contributed by atoms with E-state index in [1.165, 1.54) is 28.0 Å². The van der Waals surface area contributed by atoms with Gasteiger partial charge in [-0.3, -0.25) is 24.3 Å². The summed E-state index contributed by atoms with van der Waals surface area (Å²) in [6.45, 7) is 4.72. The molecule has 2 atom stereocenters. The van der Waals surface area contributed by atoms with Gasteiger partial charge in [0.25, 0.3) is 11.8 Å². The molecule has 4 rings (SSSR count). The highest BCUT2D eigenvalue weighted by Crippen LogP contribution is 2.33. The Morgan fingerprint density at radius 1 is 0.974 bits per heavy atom. The van der Waals surface area contributed by atoms with Crippen LogP contribution >= 0.6 is 0 Å². The SMILES string of the molecule is CC(=O)N([C@H](CO)Cc1ccccc1)N1C(=O)[C@@H](C(C)C)N(C(=O)c2ccccn2)C=C1c1ccccc1. The van der Waals surface area contributed by atoms with Gasteiger partial charge in [-0.05, 0) is 30.0 Å². The van der Waals surface area contributed by atoms with Gasteiger partial charge in [-0.1, -0.05) is 80.6 Å². The molecular formula is C30H32N4O4. The van der Waals surface area contributed by atoms with Crippen molar-refractivity contribution in [1.82, 2.24) is 19.9 Å². The second-order valence-electron chi connectivity index (χ2n) is 9.54. The van der Waals surface area contributed by atoms with Gasteiger partial charge in [0.15, 0.2) is 0 Å². The number of carbonyl (C=O) groups excluding carboxylic acids is 3. The van der Waals surface area contributed by atoms with Gasteiger partial charge in [-0.25, -0.2) is 10.0 Å². The van der Waals surface area contributed by atoms with Gasteiger partial charge >= 0.3 is 0 Å². The summed E-state index contributed by atoms with van der Waals surface area (Å²) in [5.74, 6) is -1.53. The maximum Gasteiger partial charge on any atom is 0.277 e. The van der Waals surface area contributed by atoms with Crippen molar-refractivity contribution < 1.29 is 19.5 Å². The van der Waals surface area contributed by atoms with Gasteiger partial charge in [0.05, 0.1) is 18.3 Å². The van der Waals surface area contributed by atoms with Crippen molar-refractivity contribution in [3.63, 3.8) is 0 Å². The Kier molecular flexibility index (Phi) is 8.33. The second-order valence-corrected chi connectivity index (χ2v) is 9.54. The van der Waals surface area contributed by atoms with Crippen LogP contribution in [-0.4, -0.2) is 61.4 Å². The van der Waals surface area contributed by atoms with E-state index >= 15 is 0 Å². The van der Waals surface area contributed by atoms with Crippen molar-refractivity contribution in [1.29, 1.82) is 0 Å². The maximum absolute atomic E-state index is 14.3. The fourth-order valence-electron chi connectivity index (χ4n) is 4.75. The topological polar surface area (TPSA) is 94.0 Å². The number of hydrogen-bond acceptors (Lipinski definition) is 5. The fourth-order valence-corrected chi connectivity index (χ4v) is 4.75. The lowest BCUT2D eigenvalue weighted by Crippen LogP contribution is -2.63. The lowest BCUT2D eigenvalue weighted by molar-refractivity contribution is -0.165. The Bertz CT molecular complexity index is 1300. The number of carbonyl (C=O) groups is 3. The lowest BCUT2D eigenvalue weighted by Gasteiger charge is -2.47. The van der Waals surface area contributed by atoms with E-state index in [9.17, 15) is 19.5 Å². The Balaban J connectivity index is 1.87. The molecule has 1 aliphatic heterocycles. The first-order valence-corrected chi connectivity index (χ1v) is 12.6. The number of hydrogen-bond donors (Lipinski definition) is 1. The Morgan fingerprint density at radius 3 is 2.16 bits per heavy atom. The summed E-state index contributed by atoms with van der Waals surface area (Å²) in [5.41, 5.74) is 2.13. The number of nitrogens with zero attached hydrogens (tertiary/aromatic N) is 4. The third-order valence-electron chi connectivity index (χ3n) is 6.48. The molecule has 2 aromatic carbocycles. The Morgan fingerprint density at radius 2 is 1.61 bits per heavy atom. The molecular weight excluding hydrogens is 480 g/mol. The summed E-state index contributed by atoms with van der Waals surface area (Å²) in [5, 5.41) is 13.1. The van der Waals surface area contributed by atoms with E-state index in [0.29, 0.717) is 17.7 Å². The third kappa shape index (κ3) is 5.50. The van der Waals surface area contributed by atoms with E-state index in [2.05, 4.69) is 4.98 Å². The van der Waals surface area contributed by atoms with E-state index in [1.807, 2.05) is 74.5 Å². The number of amides is 3. The highest BCUT2D eigenvalue weighted by Gasteiger charge is 2.45. The van der Waals surface area contributed by atoms with E-state index in [4.69, 9.17) is 0 Å². The molecule has 3 amide bonds. The molecule has 0 saturated heterocycles. The summed E-state index contributed by atoms with van der Waals surface area (Å²) < 4.78 is 0. The first-order chi connectivity index (χ1) is 18.3. The summed E-state index contributed by atoms with van der Waals surface area (Å²) in [6, 6.07) is 22.1. The number of rotatable bonds is 8. The lowest BCUT2D eigenvalue weighted by atomic mass is 9.97. The van der Waals surface area contributed by atoms with E-state index in [-0.39, 0.29) is 18.2 Å². The summed E-state index contributed by atoms with van der Waals surface area (Å²) in [7, 11) is 0. The van der Waals surface area contributed by atoms with Gasteiger partial charge in [0, 0.05) is 24.9 Å². The predicted octanol–water partition coefficient (Wildman–Crippen LogP) is 3.76. The minimum Gasteiger partial charge on any atom is -0.394 e. The zero-order valence-electron chi connectivity index (χ0n) is 21.8. The largest absolute Gasteiger partial charge is 0.394 e. The molecule has 1 N–H and O–H groups in total. The Hall–Kier alpha value is -4.30. The number of aliphatic hydroxyl groups is 1. The predicted molar refractivity (Wildman–Crippen MR) is 144 cm³/mol. The molecule has 8 nitrogen and oxygen atoms in total. The first kappa shape index (κ1) is 26.8. The molecule has 196 valence electrons. The molecule has 38 heavy (non-hydrogen) atoms. The first-order valence-electron chi connectivity index (χ1n) is 12.6. The zero-order chi connectivity index (χ0) is 27.2. The van der Waals surface area contributed by atoms with Crippen LogP contribution in [0.4, 0.5) is 0 Å². The summed E-state index contributed by atoms with van der Waals surface area (Å²) >= 11 is 0.